The van der Waals surface area contributed by atoms with E-state index >= 15 is 0 Å². The second kappa shape index (κ2) is 6.39. The number of fused-ring (bicyclic) bond motifs is 2. The number of amides is 1. The number of nitrogens with one attached hydrogen (secondary N) is 1. The molecule has 5 heteroatoms. The molecule has 0 unspecified atom stereocenters. The van der Waals surface area contributed by atoms with Gasteiger partial charge in [-0.3, -0.25) is 9.20 Å². The molecule has 0 aliphatic carbocycles. The third-order valence-electron chi connectivity index (χ3n) is 4.86. The molecule has 0 spiro atoms. The largest absolute Gasteiger partial charge is 0.451 e. The van der Waals surface area contributed by atoms with Crippen molar-refractivity contribution in [3.8, 4) is 11.3 Å². The summed E-state index contributed by atoms with van der Waals surface area (Å²) in [4.78, 5) is 17.8. The summed E-state index contributed by atoms with van der Waals surface area (Å²) in [6.45, 7) is 1.90. The topological polar surface area (TPSA) is 59.5 Å². The number of benzene rings is 2. The summed E-state index contributed by atoms with van der Waals surface area (Å²) in [5.41, 5.74) is 3.93. The number of nitrogens with zero attached hydrogens (tertiary/aromatic N) is 2. The van der Waals surface area contributed by atoms with Crippen molar-refractivity contribution in [2.24, 2.45) is 0 Å². The van der Waals surface area contributed by atoms with Crippen LogP contribution in [0, 0.1) is 6.92 Å². The maximum absolute atomic E-state index is 13.1. The van der Waals surface area contributed by atoms with Crippen LogP contribution in [0.2, 0.25) is 0 Å². The lowest BCUT2D eigenvalue weighted by atomic mass is 10.1. The quantitative estimate of drug-likeness (QED) is 0.470. The Morgan fingerprint density at radius 3 is 2.54 bits per heavy atom. The zero-order valence-electron chi connectivity index (χ0n) is 15.2. The minimum atomic E-state index is -0.295. The third-order valence-corrected chi connectivity index (χ3v) is 4.86. The first-order valence-corrected chi connectivity index (χ1v) is 9.04. The van der Waals surface area contributed by atoms with E-state index in [0.29, 0.717) is 22.9 Å². The average Bonchev–Trinajstić information content (AvgIpc) is 3.27. The van der Waals surface area contributed by atoms with Gasteiger partial charge in [0.1, 0.15) is 22.7 Å². The summed E-state index contributed by atoms with van der Waals surface area (Å²) in [6, 6.07) is 23.2. The van der Waals surface area contributed by atoms with Gasteiger partial charge in [0, 0.05) is 22.7 Å². The van der Waals surface area contributed by atoms with Crippen molar-refractivity contribution in [1.29, 1.82) is 0 Å². The molecule has 136 valence electrons. The van der Waals surface area contributed by atoms with Gasteiger partial charge in [0.05, 0.1) is 0 Å². The molecule has 0 radical (unpaired) electrons. The number of hydrogen-bond donors (Lipinski definition) is 1. The van der Waals surface area contributed by atoms with E-state index < -0.39 is 0 Å². The van der Waals surface area contributed by atoms with Crippen LogP contribution in [0.3, 0.4) is 0 Å². The molecule has 0 bridgehead atoms. The molecule has 3 aromatic heterocycles. The van der Waals surface area contributed by atoms with E-state index in [9.17, 15) is 4.79 Å². The van der Waals surface area contributed by atoms with Gasteiger partial charge in [-0.05, 0) is 25.1 Å². The van der Waals surface area contributed by atoms with Crippen LogP contribution in [0.4, 0.5) is 5.82 Å². The Balaban J connectivity index is 1.63. The Hall–Kier alpha value is -3.86. The van der Waals surface area contributed by atoms with Gasteiger partial charge in [0.15, 0.2) is 5.76 Å². The molecular weight excluding hydrogens is 350 g/mol. The lowest BCUT2D eigenvalue weighted by Gasteiger charge is -2.07. The van der Waals surface area contributed by atoms with Crippen LogP contribution < -0.4 is 5.32 Å². The SMILES string of the molecule is Cc1c(C(=O)Nc2c(-c3ccccc3)nc3ccccn23)oc2ccccc12. The highest BCUT2D eigenvalue weighted by Gasteiger charge is 2.21. The second-order valence-corrected chi connectivity index (χ2v) is 6.61. The maximum Gasteiger partial charge on any atom is 0.292 e. The molecule has 28 heavy (non-hydrogen) atoms. The van der Waals surface area contributed by atoms with E-state index in [2.05, 4.69) is 5.32 Å². The summed E-state index contributed by atoms with van der Waals surface area (Å²) >= 11 is 0. The zero-order chi connectivity index (χ0) is 19.1. The van der Waals surface area contributed by atoms with E-state index in [4.69, 9.17) is 9.40 Å². The summed E-state index contributed by atoms with van der Waals surface area (Å²) in [6.07, 6.45) is 1.88. The molecule has 0 fully saturated rings. The molecule has 0 aliphatic rings. The van der Waals surface area contributed by atoms with E-state index in [1.807, 2.05) is 90.3 Å². The number of carbonyl (C=O) groups is 1. The van der Waals surface area contributed by atoms with Crippen molar-refractivity contribution in [3.05, 3.63) is 90.3 Å². The first kappa shape index (κ1) is 16.3. The summed E-state index contributed by atoms with van der Waals surface area (Å²) in [5.74, 6) is 0.634. The first-order valence-electron chi connectivity index (χ1n) is 9.04. The van der Waals surface area contributed by atoms with E-state index in [-0.39, 0.29) is 5.91 Å². The fraction of sp³-hybridized carbons (Fsp3) is 0.0435. The number of furan rings is 1. The number of para-hydroxylation sites is 1. The van der Waals surface area contributed by atoms with Crippen LogP contribution in [0.25, 0.3) is 27.9 Å². The summed E-state index contributed by atoms with van der Waals surface area (Å²) in [7, 11) is 0. The van der Waals surface area contributed by atoms with Gasteiger partial charge in [-0.1, -0.05) is 54.6 Å². The molecule has 1 N–H and O–H groups in total. The number of aryl methyl sites for hydroxylation is 1. The van der Waals surface area contributed by atoms with Gasteiger partial charge < -0.3 is 9.73 Å². The molecule has 5 aromatic rings. The van der Waals surface area contributed by atoms with Crippen molar-refractivity contribution >= 4 is 28.3 Å². The van der Waals surface area contributed by atoms with Crippen LogP contribution in [0.15, 0.2) is 83.4 Å². The van der Waals surface area contributed by atoms with Gasteiger partial charge in [-0.25, -0.2) is 4.98 Å². The highest BCUT2D eigenvalue weighted by molar-refractivity contribution is 6.07. The number of rotatable bonds is 3. The Labute approximate surface area is 161 Å². The van der Waals surface area contributed by atoms with Crippen LogP contribution in [-0.4, -0.2) is 15.3 Å². The first-order chi connectivity index (χ1) is 13.7. The average molecular weight is 367 g/mol. The Morgan fingerprint density at radius 2 is 1.71 bits per heavy atom. The Kier molecular flexibility index (Phi) is 3.72. The van der Waals surface area contributed by atoms with E-state index in [1.54, 1.807) is 0 Å². The molecule has 5 nitrogen and oxygen atoms in total. The molecule has 0 saturated carbocycles. The van der Waals surface area contributed by atoms with Crippen molar-refractivity contribution in [2.75, 3.05) is 5.32 Å². The fourth-order valence-electron chi connectivity index (χ4n) is 3.47. The van der Waals surface area contributed by atoms with Crippen LogP contribution in [0.1, 0.15) is 16.1 Å². The minimum absolute atomic E-state index is 0.295. The number of anilines is 1. The summed E-state index contributed by atoms with van der Waals surface area (Å²) < 4.78 is 7.70. The van der Waals surface area contributed by atoms with Gasteiger partial charge in [0.2, 0.25) is 0 Å². The molecule has 2 aromatic carbocycles. The standard InChI is InChI=1S/C23H17N3O2/c1-15-17-11-5-6-12-18(17)28-21(15)23(27)25-22-20(16-9-3-2-4-10-16)24-19-13-7-8-14-26(19)22/h2-14H,1H3,(H,25,27). The van der Waals surface area contributed by atoms with Crippen LogP contribution in [-0.2, 0) is 0 Å². The number of carbonyl (C=O) groups excluding carboxylic acids is 1. The Morgan fingerprint density at radius 1 is 0.964 bits per heavy atom. The van der Waals surface area contributed by atoms with Crippen LogP contribution >= 0.6 is 0 Å². The minimum Gasteiger partial charge on any atom is -0.451 e. The second-order valence-electron chi connectivity index (χ2n) is 6.61. The van der Waals surface area contributed by atoms with Crippen molar-refractivity contribution < 1.29 is 9.21 Å². The predicted molar refractivity (Wildman–Crippen MR) is 110 cm³/mol. The molecule has 0 saturated heterocycles. The Bertz CT molecular complexity index is 1320. The number of aromatic nitrogens is 2. The van der Waals surface area contributed by atoms with E-state index in [0.717, 1.165) is 22.2 Å². The van der Waals surface area contributed by atoms with Crippen molar-refractivity contribution in [2.45, 2.75) is 6.92 Å². The molecule has 0 atom stereocenters. The third kappa shape index (κ3) is 2.56. The van der Waals surface area contributed by atoms with Gasteiger partial charge in [0.25, 0.3) is 5.91 Å². The molecule has 3 heterocycles. The lowest BCUT2D eigenvalue weighted by molar-refractivity contribution is 0.0997. The highest BCUT2D eigenvalue weighted by Crippen LogP contribution is 2.30. The highest BCUT2D eigenvalue weighted by atomic mass is 16.3. The monoisotopic (exact) mass is 367 g/mol. The maximum atomic E-state index is 13.1. The zero-order valence-corrected chi connectivity index (χ0v) is 15.2. The molecule has 5 rings (SSSR count). The predicted octanol–water partition coefficient (Wildman–Crippen LogP) is 5.31. The molecule has 0 aliphatic heterocycles. The fourth-order valence-corrected chi connectivity index (χ4v) is 3.47. The number of pyridine rings is 1. The van der Waals surface area contributed by atoms with Gasteiger partial charge in [-0.2, -0.15) is 0 Å². The smallest absolute Gasteiger partial charge is 0.292 e. The van der Waals surface area contributed by atoms with E-state index in [1.165, 1.54) is 0 Å². The lowest BCUT2D eigenvalue weighted by Crippen LogP contribution is -2.14. The van der Waals surface area contributed by atoms with Gasteiger partial charge >= 0.3 is 0 Å². The normalized spacial score (nSPS) is 11.2. The van der Waals surface area contributed by atoms with Crippen LogP contribution in [0.5, 0.6) is 0 Å². The van der Waals surface area contributed by atoms with Gasteiger partial charge in [-0.15, -0.1) is 0 Å². The van der Waals surface area contributed by atoms with Crippen molar-refractivity contribution in [1.82, 2.24) is 9.38 Å². The number of imidazole rings is 1. The number of hydrogen-bond acceptors (Lipinski definition) is 3. The molecule has 1 amide bonds. The molecular formula is C23H17N3O2. The van der Waals surface area contributed by atoms with Crippen molar-refractivity contribution in [3.63, 3.8) is 0 Å². The summed E-state index contributed by atoms with van der Waals surface area (Å²) in [5, 5.41) is 3.96.